The maximum Gasteiger partial charge on any atom is 0.228 e. The summed E-state index contributed by atoms with van der Waals surface area (Å²) in [5.74, 6) is 0.601. The van der Waals surface area contributed by atoms with Gasteiger partial charge in [0.15, 0.2) is 5.75 Å². The van der Waals surface area contributed by atoms with Crippen molar-refractivity contribution < 1.29 is 9.53 Å². The van der Waals surface area contributed by atoms with Gasteiger partial charge in [0.1, 0.15) is 6.61 Å². The number of nitrogens with one attached hydrogen (secondary N) is 1. The summed E-state index contributed by atoms with van der Waals surface area (Å²) in [5, 5.41) is 13.6. The zero-order valence-corrected chi connectivity index (χ0v) is 17.2. The molecule has 1 aromatic heterocycles. The number of aromatic nitrogens is 2. The van der Waals surface area contributed by atoms with Crippen molar-refractivity contribution in [3.63, 3.8) is 0 Å². The van der Waals surface area contributed by atoms with Crippen molar-refractivity contribution in [1.29, 1.82) is 0 Å². The van der Waals surface area contributed by atoms with Crippen LogP contribution in [0.15, 0.2) is 59.8 Å². The average molecular weight is 429 g/mol. The molecule has 8 heteroatoms. The normalized spacial score (nSPS) is 13.3. The highest BCUT2D eigenvalue weighted by atomic mass is 35.5. The van der Waals surface area contributed by atoms with Crippen LogP contribution in [0.5, 0.6) is 5.75 Å². The van der Waals surface area contributed by atoms with E-state index in [9.17, 15) is 4.79 Å². The van der Waals surface area contributed by atoms with Crippen LogP contribution in [-0.2, 0) is 17.8 Å². The van der Waals surface area contributed by atoms with Crippen LogP contribution in [0.4, 0.5) is 5.69 Å². The topological polar surface area (TPSA) is 82.2 Å². The summed E-state index contributed by atoms with van der Waals surface area (Å²) in [6, 6.07) is 13.4. The number of hydrogen-bond acceptors (Lipinski definition) is 5. The fourth-order valence-electron chi connectivity index (χ4n) is 2.98. The van der Waals surface area contributed by atoms with Gasteiger partial charge in [0.05, 0.1) is 24.9 Å². The van der Waals surface area contributed by atoms with Gasteiger partial charge in [0.25, 0.3) is 0 Å². The highest BCUT2D eigenvalue weighted by Crippen LogP contribution is 2.35. The van der Waals surface area contributed by atoms with E-state index in [2.05, 4.69) is 10.4 Å². The zero-order chi connectivity index (χ0) is 20.2. The Morgan fingerprint density at radius 2 is 2.10 bits per heavy atom. The van der Waals surface area contributed by atoms with E-state index in [0.29, 0.717) is 23.4 Å². The Balaban J connectivity index is 1.37. The van der Waals surface area contributed by atoms with E-state index in [1.807, 2.05) is 47.3 Å². The lowest BCUT2D eigenvalue weighted by atomic mass is 10.1. The third-order valence-corrected chi connectivity index (χ3v) is 5.68. The number of hydrogen-bond donors (Lipinski definition) is 2. The van der Waals surface area contributed by atoms with Crippen molar-refractivity contribution in [2.24, 2.45) is 5.14 Å². The Kier molecular flexibility index (Phi) is 6.08. The number of ether oxygens (including phenoxy) is 1. The van der Waals surface area contributed by atoms with Gasteiger partial charge in [-0.3, -0.25) is 14.6 Å². The van der Waals surface area contributed by atoms with E-state index in [1.54, 1.807) is 12.3 Å². The van der Waals surface area contributed by atoms with Gasteiger partial charge in [0, 0.05) is 21.2 Å². The summed E-state index contributed by atoms with van der Waals surface area (Å²) in [5.41, 5.74) is 2.41. The van der Waals surface area contributed by atoms with Crippen molar-refractivity contribution in [2.45, 2.75) is 36.8 Å². The van der Waals surface area contributed by atoms with Crippen LogP contribution in [0.25, 0.3) is 0 Å². The number of amides is 1. The molecule has 1 aliphatic carbocycles. The first-order valence-electron chi connectivity index (χ1n) is 9.32. The molecule has 1 saturated carbocycles. The first kappa shape index (κ1) is 19.8. The van der Waals surface area contributed by atoms with Crippen LogP contribution in [0.3, 0.4) is 0 Å². The van der Waals surface area contributed by atoms with Crippen LogP contribution in [0, 0.1) is 0 Å². The fraction of sp³-hybridized carbons (Fsp3) is 0.238. The number of halogens is 1. The Morgan fingerprint density at radius 3 is 2.86 bits per heavy atom. The van der Waals surface area contributed by atoms with Gasteiger partial charge in [-0.25, -0.2) is 0 Å². The molecular formula is C21H21ClN4O2S. The summed E-state index contributed by atoms with van der Waals surface area (Å²) in [4.78, 5) is 13.2. The third-order valence-electron chi connectivity index (χ3n) is 4.68. The van der Waals surface area contributed by atoms with Gasteiger partial charge in [-0.2, -0.15) is 5.10 Å². The molecule has 0 aliphatic heterocycles. The number of carbonyl (C=O) groups is 1. The molecule has 0 radical (unpaired) electrons. The van der Waals surface area contributed by atoms with E-state index >= 15 is 0 Å². The molecule has 0 spiro atoms. The second kappa shape index (κ2) is 8.90. The van der Waals surface area contributed by atoms with E-state index in [4.69, 9.17) is 21.5 Å². The molecule has 3 N–H and O–H groups in total. The molecule has 4 rings (SSSR count). The predicted octanol–water partition coefficient (Wildman–Crippen LogP) is 4.60. The molecule has 6 nitrogen and oxygen atoms in total. The summed E-state index contributed by atoms with van der Waals surface area (Å²) in [7, 11) is 0. The van der Waals surface area contributed by atoms with Crippen LogP contribution < -0.4 is 15.2 Å². The second-order valence-corrected chi connectivity index (χ2v) is 8.02. The Morgan fingerprint density at radius 1 is 1.28 bits per heavy atom. The third kappa shape index (κ3) is 5.12. The van der Waals surface area contributed by atoms with Gasteiger partial charge >= 0.3 is 0 Å². The number of nitrogens with two attached hydrogens (primary N) is 1. The van der Waals surface area contributed by atoms with Crippen LogP contribution in [0.2, 0.25) is 5.02 Å². The molecule has 3 aromatic rings. The minimum absolute atomic E-state index is 0.137. The molecule has 0 unspecified atom stereocenters. The minimum Gasteiger partial charge on any atom is -0.486 e. The second-order valence-electron chi connectivity index (χ2n) is 6.93. The lowest BCUT2D eigenvalue weighted by Crippen LogP contribution is -2.15. The molecule has 1 aliphatic rings. The lowest BCUT2D eigenvalue weighted by molar-refractivity contribution is -0.115. The first-order chi connectivity index (χ1) is 14.1. The molecule has 0 bridgehead atoms. The van der Waals surface area contributed by atoms with Crippen LogP contribution >= 0.6 is 23.5 Å². The predicted molar refractivity (Wildman–Crippen MR) is 115 cm³/mol. The molecule has 2 aromatic carbocycles. The Hall–Kier alpha value is -2.48. The number of anilines is 1. The minimum atomic E-state index is -0.137. The maximum atomic E-state index is 12.3. The molecule has 0 atom stereocenters. The molecule has 0 saturated heterocycles. The Labute approximate surface area is 178 Å². The Bertz CT molecular complexity index is 1020. The molecular weight excluding hydrogens is 408 g/mol. The number of carbonyl (C=O) groups excluding carboxylic acids is 1. The summed E-state index contributed by atoms with van der Waals surface area (Å²) >= 11 is 7.25. The summed E-state index contributed by atoms with van der Waals surface area (Å²) < 4.78 is 7.80. The average Bonchev–Trinajstić information content (AvgIpc) is 3.47. The van der Waals surface area contributed by atoms with Crippen molar-refractivity contribution in [2.75, 3.05) is 5.32 Å². The molecule has 1 heterocycles. The monoisotopic (exact) mass is 428 g/mol. The van der Waals surface area contributed by atoms with Crippen LogP contribution in [0.1, 0.15) is 30.0 Å². The van der Waals surface area contributed by atoms with Gasteiger partial charge < -0.3 is 10.1 Å². The van der Waals surface area contributed by atoms with Gasteiger partial charge in [-0.1, -0.05) is 35.9 Å². The van der Waals surface area contributed by atoms with E-state index in [1.165, 1.54) is 12.8 Å². The maximum absolute atomic E-state index is 12.3. The van der Waals surface area contributed by atoms with E-state index in [-0.39, 0.29) is 12.3 Å². The molecule has 1 amide bonds. The van der Waals surface area contributed by atoms with E-state index < -0.39 is 0 Å². The quantitative estimate of drug-likeness (QED) is 0.512. The molecule has 150 valence electrons. The summed E-state index contributed by atoms with van der Waals surface area (Å²) in [6.45, 7) is 0.379. The van der Waals surface area contributed by atoms with Gasteiger partial charge in [0.2, 0.25) is 5.91 Å². The van der Waals surface area contributed by atoms with Crippen molar-refractivity contribution in [1.82, 2.24) is 9.78 Å². The number of benzene rings is 2. The lowest BCUT2D eigenvalue weighted by Gasteiger charge is -2.12. The van der Waals surface area contributed by atoms with Crippen molar-refractivity contribution >= 4 is 35.1 Å². The highest BCUT2D eigenvalue weighted by Gasteiger charge is 2.24. The van der Waals surface area contributed by atoms with Gasteiger partial charge in [-0.05, 0) is 48.6 Å². The number of nitrogens with zero attached hydrogens (tertiary/aromatic N) is 2. The standard InChI is InChI=1S/C21H21ClN4O2S/c22-19-4-2-1-3-14(19)9-21(27)25-16-6-5-15(20(10-16)29-23)13-28-18-11-24-26(12-18)17-7-8-17/h1-6,10-12,17H,7-9,13,23H2,(H,25,27). The summed E-state index contributed by atoms with van der Waals surface area (Å²) in [6.07, 6.45) is 6.23. The van der Waals surface area contributed by atoms with Gasteiger partial charge in [-0.15, -0.1) is 0 Å². The number of rotatable bonds is 8. The van der Waals surface area contributed by atoms with E-state index in [0.717, 1.165) is 33.7 Å². The van der Waals surface area contributed by atoms with Crippen molar-refractivity contribution in [3.8, 4) is 5.75 Å². The van der Waals surface area contributed by atoms with Crippen molar-refractivity contribution in [3.05, 3.63) is 71.0 Å². The fourth-order valence-corrected chi connectivity index (χ4v) is 3.65. The SMILES string of the molecule is NSc1cc(NC(=O)Cc2ccccc2Cl)ccc1COc1cnn(C2CC2)c1. The smallest absolute Gasteiger partial charge is 0.228 e. The molecule has 29 heavy (non-hydrogen) atoms. The molecule has 1 fully saturated rings. The largest absolute Gasteiger partial charge is 0.486 e. The van der Waals surface area contributed by atoms with Crippen LogP contribution in [-0.4, -0.2) is 15.7 Å². The zero-order valence-electron chi connectivity index (χ0n) is 15.7. The first-order valence-corrected chi connectivity index (χ1v) is 10.6. The highest BCUT2D eigenvalue weighted by molar-refractivity contribution is 7.97.